The maximum Gasteiger partial charge on any atom is 0.417 e. The fourth-order valence-electron chi connectivity index (χ4n) is 3.58. The summed E-state index contributed by atoms with van der Waals surface area (Å²) in [6.45, 7) is 8.04. The van der Waals surface area contributed by atoms with Crippen LogP contribution in [0.4, 0.5) is 26.3 Å². The molecule has 14 heteroatoms. The zero-order valence-electron chi connectivity index (χ0n) is 24.3. The zero-order valence-corrected chi connectivity index (χ0v) is 25.1. The number of thioether (sulfide) groups is 1. The quantitative estimate of drug-likeness (QED) is 0.101. The summed E-state index contributed by atoms with van der Waals surface area (Å²) in [4.78, 5) is 21.6. The molecule has 0 saturated heterocycles. The number of methoxy groups -OCH3 is 1. The lowest BCUT2D eigenvalue weighted by Gasteiger charge is -2.14. The van der Waals surface area contributed by atoms with Gasteiger partial charge in [0.15, 0.2) is 0 Å². The third-order valence-electron chi connectivity index (χ3n) is 5.80. The van der Waals surface area contributed by atoms with Crippen molar-refractivity contribution in [3.05, 3.63) is 53.2 Å². The smallest absolute Gasteiger partial charge is 0.387 e. The number of aliphatic hydroxyl groups is 1. The first kappa shape index (κ1) is 35.7. The lowest BCUT2D eigenvalue weighted by Crippen LogP contribution is -2.15. The summed E-state index contributed by atoms with van der Waals surface area (Å²) in [6, 6.07) is 8.32. The first-order valence-electron chi connectivity index (χ1n) is 12.7. The van der Waals surface area contributed by atoms with Gasteiger partial charge in [0.25, 0.3) is 0 Å². The van der Waals surface area contributed by atoms with Crippen LogP contribution in [0.15, 0.2) is 41.4 Å². The van der Waals surface area contributed by atoms with E-state index in [1.807, 2.05) is 45.9 Å². The Labute approximate surface area is 248 Å². The standard InChI is InChI=1S/C22H17F3N4OS.C5H12O.C2H3F3O/c1-3-31-18-7-14-5-4-13(9-26)6-16(14)28-20(18)21-12(2)19-17(29(21)11-30)8-15(10-27-19)22(23,24)25;1-5(2,3)6-4;3-2(4,5)1-6/h4-11,26H,3H2,1-2H3;1-4H3;6H,1H2. The second-order valence-corrected chi connectivity index (χ2v) is 11.3. The molecule has 0 aliphatic rings. The van der Waals surface area contributed by atoms with Gasteiger partial charge < -0.3 is 15.3 Å². The van der Waals surface area contributed by atoms with E-state index in [9.17, 15) is 31.1 Å². The summed E-state index contributed by atoms with van der Waals surface area (Å²) < 4.78 is 77.4. The number of carbonyl (C=O) groups is 1. The largest absolute Gasteiger partial charge is 0.417 e. The number of alkyl halides is 6. The molecule has 234 valence electrons. The molecule has 0 fully saturated rings. The van der Waals surface area contributed by atoms with Crippen LogP contribution in [0.2, 0.25) is 0 Å². The van der Waals surface area contributed by atoms with E-state index in [0.29, 0.717) is 40.0 Å². The molecule has 0 aliphatic carbocycles. The van der Waals surface area contributed by atoms with Crippen LogP contribution in [-0.2, 0) is 15.7 Å². The minimum Gasteiger partial charge on any atom is -0.387 e. The van der Waals surface area contributed by atoms with Crippen LogP contribution in [-0.4, -0.2) is 63.5 Å². The van der Waals surface area contributed by atoms with E-state index < -0.39 is 24.5 Å². The minimum atomic E-state index is -4.57. The van der Waals surface area contributed by atoms with E-state index in [4.69, 9.17) is 20.2 Å². The Morgan fingerprint density at radius 3 is 2.16 bits per heavy atom. The Morgan fingerprint density at radius 2 is 1.70 bits per heavy atom. The fourth-order valence-corrected chi connectivity index (χ4v) is 4.39. The van der Waals surface area contributed by atoms with Crippen molar-refractivity contribution in [2.24, 2.45) is 0 Å². The van der Waals surface area contributed by atoms with Crippen LogP contribution in [0.5, 0.6) is 0 Å². The van der Waals surface area contributed by atoms with E-state index in [-0.39, 0.29) is 11.1 Å². The molecule has 0 aliphatic heterocycles. The maximum atomic E-state index is 13.2. The highest BCUT2D eigenvalue weighted by Crippen LogP contribution is 2.39. The highest BCUT2D eigenvalue weighted by molar-refractivity contribution is 7.99. The summed E-state index contributed by atoms with van der Waals surface area (Å²) >= 11 is 1.53. The maximum absolute atomic E-state index is 13.2. The summed E-state index contributed by atoms with van der Waals surface area (Å²) in [7, 11) is 1.71. The normalized spacial score (nSPS) is 11.9. The van der Waals surface area contributed by atoms with E-state index in [0.717, 1.165) is 28.3 Å². The molecule has 43 heavy (non-hydrogen) atoms. The number of aliphatic hydroxyl groups excluding tert-OH is 1. The van der Waals surface area contributed by atoms with Crippen molar-refractivity contribution in [3.8, 4) is 11.4 Å². The van der Waals surface area contributed by atoms with Crippen LogP contribution in [0.1, 0.15) is 44.4 Å². The molecule has 0 saturated carbocycles. The van der Waals surface area contributed by atoms with E-state index in [1.54, 1.807) is 20.1 Å². The SMILES string of the molecule is CCSc1cc2ccc(C=N)cc2nc1-c1c(C)c2ncc(C(F)(F)F)cc2n1C=O.COC(C)(C)C.OCC(F)(F)F. The molecule has 3 aromatic heterocycles. The van der Waals surface area contributed by atoms with Crippen molar-refractivity contribution in [1.29, 1.82) is 5.41 Å². The third-order valence-corrected chi connectivity index (χ3v) is 6.71. The topological polar surface area (TPSA) is 101 Å². The lowest BCUT2D eigenvalue weighted by atomic mass is 10.1. The molecule has 1 aromatic carbocycles. The number of aryl methyl sites for hydroxylation is 1. The van der Waals surface area contributed by atoms with Gasteiger partial charge in [-0.3, -0.25) is 14.3 Å². The Kier molecular flexibility index (Phi) is 11.9. The number of fused-ring (bicyclic) bond motifs is 2. The van der Waals surface area contributed by atoms with Crippen molar-refractivity contribution in [2.75, 3.05) is 19.5 Å². The number of hydrogen-bond donors (Lipinski definition) is 2. The van der Waals surface area contributed by atoms with Crippen LogP contribution in [0.3, 0.4) is 0 Å². The van der Waals surface area contributed by atoms with Gasteiger partial charge >= 0.3 is 12.4 Å². The number of halogens is 6. The molecular formula is C29H32F6N4O3S. The van der Waals surface area contributed by atoms with Gasteiger partial charge in [-0.2, -0.15) is 26.3 Å². The first-order chi connectivity index (χ1) is 19.9. The molecular weight excluding hydrogens is 598 g/mol. The van der Waals surface area contributed by atoms with Crippen LogP contribution < -0.4 is 0 Å². The van der Waals surface area contributed by atoms with Crippen molar-refractivity contribution >= 4 is 46.3 Å². The molecule has 2 N–H and O–H groups in total. The van der Waals surface area contributed by atoms with Gasteiger partial charge in [-0.05, 0) is 57.2 Å². The Balaban J connectivity index is 0.000000455. The average Bonchev–Trinajstić information content (AvgIpc) is 3.22. The first-order valence-corrected chi connectivity index (χ1v) is 13.7. The van der Waals surface area contributed by atoms with Crippen molar-refractivity contribution in [2.45, 2.75) is 57.5 Å². The molecule has 0 spiro atoms. The third kappa shape index (κ3) is 9.50. The number of nitrogens with one attached hydrogen (secondary N) is 1. The van der Waals surface area contributed by atoms with Crippen LogP contribution in [0.25, 0.3) is 33.3 Å². The van der Waals surface area contributed by atoms with E-state index in [2.05, 4.69) is 4.98 Å². The second kappa shape index (κ2) is 14.3. The Bertz CT molecular complexity index is 1560. The molecule has 4 rings (SSSR count). The van der Waals surface area contributed by atoms with Gasteiger partial charge in [0, 0.05) is 35.4 Å². The predicted molar refractivity (Wildman–Crippen MR) is 157 cm³/mol. The van der Waals surface area contributed by atoms with Gasteiger partial charge in [0.1, 0.15) is 12.3 Å². The Hall–Kier alpha value is -3.49. The van der Waals surface area contributed by atoms with E-state index in [1.165, 1.54) is 22.5 Å². The average molecular weight is 631 g/mol. The summed E-state index contributed by atoms with van der Waals surface area (Å²) in [5.41, 5.74) is 2.31. The molecule has 0 bridgehead atoms. The Morgan fingerprint density at radius 1 is 1.09 bits per heavy atom. The van der Waals surface area contributed by atoms with Crippen LogP contribution >= 0.6 is 11.8 Å². The summed E-state index contributed by atoms with van der Waals surface area (Å²) in [6.07, 6.45) is -6.49. The highest BCUT2D eigenvalue weighted by atomic mass is 32.2. The molecule has 0 unspecified atom stereocenters. The van der Waals surface area contributed by atoms with Crippen molar-refractivity contribution < 1.29 is 41.0 Å². The molecule has 7 nitrogen and oxygen atoms in total. The molecule has 3 heterocycles. The second-order valence-electron chi connectivity index (χ2n) is 9.99. The van der Waals surface area contributed by atoms with Gasteiger partial charge in [-0.25, -0.2) is 4.98 Å². The minimum absolute atomic E-state index is 0.0417. The summed E-state index contributed by atoms with van der Waals surface area (Å²) in [5, 5.41) is 15.6. The van der Waals surface area contributed by atoms with E-state index >= 15 is 0 Å². The monoisotopic (exact) mass is 630 g/mol. The number of benzene rings is 1. The number of rotatable bonds is 5. The highest BCUT2D eigenvalue weighted by Gasteiger charge is 2.32. The number of aromatic nitrogens is 3. The lowest BCUT2D eigenvalue weighted by molar-refractivity contribution is -0.159. The van der Waals surface area contributed by atoms with Gasteiger partial charge in [0.05, 0.1) is 33.4 Å². The molecule has 0 amide bonds. The van der Waals surface area contributed by atoms with Crippen molar-refractivity contribution in [1.82, 2.24) is 14.5 Å². The predicted octanol–water partition coefficient (Wildman–Crippen LogP) is 7.70. The molecule has 0 atom stereocenters. The zero-order chi connectivity index (χ0) is 32.8. The summed E-state index contributed by atoms with van der Waals surface area (Å²) in [5.74, 6) is 0.746. The molecule has 0 radical (unpaired) electrons. The number of hydrogen-bond acceptors (Lipinski definition) is 7. The van der Waals surface area contributed by atoms with Gasteiger partial charge in [0.2, 0.25) is 6.41 Å². The van der Waals surface area contributed by atoms with Crippen molar-refractivity contribution in [3.63, 3.8) is 0 Å². The molecule has 4 aromatic rings. The van der Waals surface area contributed by atoms with Gasteiger partial charge in [-0.1, -0.05) is 19.1 Å². The number of ether oxygens (including phenoxy) is 1. The van der Waals surface area contributed by atoms with Gasteiger partial charge in [-0.15, -0.1) is 11.8 Å². The fraction of sp³-hybridized carbons (Fsp3) is 0.379. The van der Waals surface area contributed by atoms with Crippen LogP contribution in [0, 0.1) is 12.3 Å². The number of carbonyl (C=O) groups excluding carboxylic acids is 1. The number of nitrogens with zero attached hydrogens (tertiary/aromatic N) is 3. The number of pyridine rings is 2.